The van der Waals surface area contributed by atoms with Gasteiger partial charge in [0.1, 0.15) is 5.00 Å². The summed E-state index contributed by atoms with van der Waals surface area (Å²) in [7, 11) is 0. The van der Waals surface area contributed by atoms with E-state index in [1.54, 1.807) is 6.92 Å². The number of carbonyl (C=O) groups excluding carboxylic acids is 1. The van der Waals surface area contributed by atoms with Crippen LogP contribution in [0.5, 0.6) is 0 Å². The van der Waals surface area contributed by atoms with Gasteiger partial charge in [-0.15, -0.1) is 11.3 Å². The summed E-state index contributed by atoms with van der Waals surface area (Å²) in [6.45, 7) is 3.60. The summed E-state index contributed by atoms with van der Waals surface area (Å²) in [5.74, 6) is -11.0. The largest absolute Gasteiger partial charge is 0.462 e. The fraction of sp³-hybridized carbons (Fsp3) is 0.250. The normalized spacial score (nSPS) is 13.9. The molecule has 0 fully saturated rings. The molecule has 0 bridgehead atoms. The van der Waals surface area contributed by atoms with Crippen LogP contribution in [0.4, 0.5) is 27.0 Å². The number of aliphatic imine (C=N–C) groups is 1. The number of halogens is 5. The Hall–Kier alpha value is -3.11. The lowest BCUT2D eigenvalue weighted by molar-refractivity contribution is 0.0526. The van der Waals surface area contributed by atoms with E-state index in [9.17, 15) is 26.7 Å². The maximum Gasteiger partial charge on any atom is 0.341 e. The monoisotopic (exact) mass is 494 g/mol. The third kappa shape index (κ3) is 4.60. The van der Waals surface area contributed by atoms with Gasteiger partial charge in [0.05, 0.1) is 17.7 Å². The zero-order valence-electron chi connectivity index (χ0n) is 18.0. The third-order valence-electron chi connectivity index (χ3n) is 5.40. The zero-order valence-corrected chi connectivity index (χ0v) is 18.8. The average molecular weight is 494 g/mol. The van der Waals surface area contributed by atoms with Gasteiger partial charge in [-0.05, 0) is 24.5 Å². The molecular weight excluding hydrogens is 475 g/mol. The van der Waals surface area contributed by atoms with Crippen LogP contribution in [0.3, 0.4) is 0 Å². The molecule has 1 aromatic heterocycles. The molecule has 34 heavy (non-hydrogen) atoms. The molecule has 2 aromatic carbocycles. The molecule has 4 rings (SSSR count). The Morgan fingerprint density at radius 1 is 1.06 bits per heavy atom. The van der Waals surface area contributed by atoms with Crippen molar-refractivity contribution in [2.24, 2.45) is 4.99 Å². The average Bonchev–Trinajstić information content (AvgIpc) is 3.20. The predicted octanol–water partition coefficient (Wildman–Crippen LogP) is 5.93. The van der Waals surface area contributed by atoms with Crippen LogP contribution in [0.1, 0.15) is 38.8 Å². The van der Waals surface area contributed by atoms with Gasteiger partial charge in [-0.1, -0.05) is 30.3 Å². The molecule has 1 aliphatic rings. The molecule has 2 heterocycles. The molecule has 0 spiro atoms. The van der Waals surface area contributed by atoms with Crippen molar-refractivity contribution >= 4 is 28.5 Å². The van der Waals surface area contributed by atoms with Gasteiger partial charge in [0.25, 0.3) is 0 Å². The molecule has 1 aliphatic heterocycles. The minimum Gasteiger partial charge on any atom is -0.462 e. The van der Waals surface area contributed by atoms with Crippen LogP contribution < -0.4 is 0 Å². The molecule has 0 saturated heterocycles. The van der Waals surface area contributed by atoms with Gasteiger partial charge in [-0.25, -0.2) is 31.7 Å². The third-order valence-corrected chi connectivity index (χ3v) is 6.53. The molecule has 0 N–H and O–H groups in total. The van der Waals surface area contributed by atoms with Crippen molar-refractivity contribution in [3.63, 3.8) is 0 Å². The van der Waals surface area contributed by atoms with Crippen molar-refractivity contribution in [3.05, 3.63) is 86.5 Å². The first-order chi connectivity index (χ1) is 16.3. The highest BCUT2D eigenvalue weighted by Crippen LogP contribution is 2.40. The number of nitrogens with zero attached hydrogens (tertiary/aromatic N) is 2. The maximum absolute atomic E-state index is 14.1. The number of thiophene rings is 1. The lowest BCUT2D eigenvalue weighted by atomic mass is 10.0. The number of esters is 1. The first-order valence-corrected chi connectivity index (χ1v) is 11.3. The zero-order chi connectivity index (χ0) is 24.4. The first-order valence-electron chi connectivity index (χ1n) is 10.4. The molecular formula is C24H19F5N2O2S. The molecule has 4 nitrogen and oxygen atoms in total. The number of ether oxygens (including phenoxy) is 1. The molecule has 3 aromatic rings. The minimum atomic E-state index is -2.25. The number of fused-ring (bicyclic) bond motifs is 1. The van der Waals surface area contributed by atoms with Crippen LogP contribution in [0.15, 0.2) is 35.3 Å². The summed E-state index contributed by atoms with van der Waals surface area (Å²) in [5.41, 5.74) is 0.819. The summed E-state index contributed by atoms with van der Waals surface area (Å²) < 4.78 is 73.7. The molecule has 0 unspecified atom stereocenters. The van der Waals surface area contributed by atoms with E-state index in [4.69, 9.17) is 4.74 Å². The Bertz CT molecular complexity index is 1230. The van der Waals surface area contributed by atoms with Crippen LogP contribution in [-0.4, -0.2) is 30.2 Å². The van der Waals surface area contributed by atoms with Gasteiger partial charge in [0.2, 0.25) is 5.82 Å². The fourth-order valence-corrected chi connectivity index (χ4v) is 5.00. The van der Waals surface area contributed by atoms with Gasteiger partial charge in [-0.2, -0.15) is 0 Å². The van der Waals surface area contributed by atoms with E-state index >= 15 is 0 Å². The van der Waals surface area contributed by atoms with Crippen LogP contribution in [0.2, 0.25) is 0 Å². The number of rotatable bonds is 6. The number of carbonyl (C=O) groups is 1. The van der Waals surface area contributed by atoms with E-state index in [1.807, 2.05) is 30.3 Å². The number of benzene rings is 2. The van der Waals surface area contributed by atoms with E-state index in [0.717, 1.165) is 27.3 Å². The lowest BCUT2D eigenvalue weighted by Crippen LogP contribution is -2.29. The Kier molecular flexibility index (Phi) is 7.08. The fourth-order valence-electron chi connectivity index (χ4n) is 3.78. The smallest absolute Gasteiger partial charge is 0.341 e. The summed E-state index contributed by atoms with van der Waals surface area (Å²) in [5, 5.41) is 0.0916. The molecule has 0 saturated carbocycles. The van der Waals surface area contributed by atoms with Gasteiger partial charge in [0.15, 0.2) is 23.3 Å². The summed E-state index contributed by atoms with van der Waals surface area (Å²) in [6, 6.07) is 9.83. The standard InChI is InChI=1S/C24H19F5N2O2S/c1-2-33-24(32)17-14-8-9-31(11-13-6-4-3-5-7-13)12-16(14)34-23(17)30-10-15-18(25)20(27)22(29)21(28)19(15)26/h3-7,10H,2,8-9,11-12H2,1H3. The Balaban J connectivity index is 1.69. The van der Waals surface area contributed by atoms with Gasteiger partial charge < -0.3 is 4.74 Å². The predicted molar refractivity (Wildman–Crippen MR) is 118 cm³/mol. The molecule has 0 radical (unpaired) electrons. The Morgan fingerprint density at radius 2 is 1.71 bits per heavy atom. The molecule has 10 heteroatoms. The quantitative estimate of drug-likeness (QED) is 0.140. The molecule has 0 amide bonds. The molecule has 0 atom stereocenters. The molecule has 178 valence electrons. The maximum atomic E-state index is 14.1. The first kappa shape index (κ1) is 24.0. The van der Waals surface area contributed by atoms with Crippen LogP contribution in [0.25, 0.3) is 0 Å². The second kappa shape index (κ2) is 10.0. The van der Waals surface area contributed by atoms with Crippen molar-refractivity contribution < 1.29 is 31.5 Å². The van der Waals surface area contributed by atoms with E-state index in [0.29, 0.717) is 32.3 Å². The summed E-state index contributed by atoms with van der Waals surface area (Å²) in [4.78, 5) is 19.6. The topological polar surface area (TPSA) is 41.9 Å². The highest BCUT2D eigenvalue weighted by atomic mass is 32.1. The van der Waals surface area contributed by atoms with Crippen molar-refractivity contribution in [3.8, 4) is 0 Å². The lowest BCUT2D eigenvalue weighted by Gasteiger charge is -2.27. The van der Waals surface area contributed by atoms with Crippen LogP contribution >= 0.6 is 11.3 Å². The van der Waals surface area contributed by atoms with Crippen molar-refractivity contribution in [1.29, 1.82) is 0 Å². The van der Waals surface area contributed by atoms with E-state index < -0.39 is 40.6 Å². The van der Waals surface area contributed by atoms with Crippen molar-refractivity contribution in [1.82, 2.24) is 4.90 Å². The van der Waals surface area contributed by atoms with Gasteiger partial charge in [-0.3, -0.25) is 4.90 Å². The number of hydrogen-bond donors (Lipinski definition) is 0. The van der Waals surface area contributed by atoms with E-state index in [1.165, 1.54) is 0 Å². The second-order valence-corrected chi connectivity index (χ2v) is 8.68. The minimum absolute atomic E-state index is 0.0916. The highest BCUT2D eigenvalue weighted by molar-refractivity contribution is 7.16. The van der Waals surface area contributed by atoms with E-state index in [2.05, 4.69) is 9.89 Å². The van der Waals surface area contributed by atoms with Crippen molar-refractivity contribution in [2.45, 2.75) is 26.4 Å². The summed E-state index contributed by atoms with van der Waals surface area (Å²) >= 11 is 1.13. The molecule has 0 aliphatic carbocycles. The van der Waals surface area contributed by atoms with E-state index in [-0.39, 0.29) is 17.2 Å². The van der Waals surface area contributed by atoms with Gasteiger partial charge >= 0.3 is 5.97 Å². The summed E-state index contributed by atoms with van der Waals surface area (Å²) in [6.07, 6.45) is 1.07. The van der Waals surface area contributed by atoms with Gasteiger partial charge in [0, 0.05) is 30.7 Å². The number of hydrogen-bond acceptors (Lipinski definition) is 5. The van der Waals surface area contributed by atoms with Crippen molar-refractivity contribution in [2.75, 3.05) is 13.2 Å². The van der Waals surface area contributed by atoms with Crippen LogP contribution in [-0.2, 0) is 24.2 Å². The Morgan fingerprint density at radius 3 is 2.35 bits per heavy atom. The SMILES string of the molecule is CCOC(=O)c1c(N=Cc2c(F)c(F)c(F)c(F)c2F)sc2c1CCN(Cc1ccccc1)C2. The van der Waals surface area contributed by atoms with Crippen LogP contribution in [0, 0.1) is 29.1 Å². The highest BCUT2D eigenvalue weighted by Gasteiger charge is 2.29. The second-order valence-electron chi connectivity index (χ2n) is 7.59. The Labute approximate surface area is 196 Å².